The van der Waals surface area contributed by atoms with Crippen molar-refractivity contribution >= 4 is 0 Å². The van der Waals surface area contributed by atoms with E-state index in [2.05, 4.69) is 4.74 Å². The molecule has 0 radical (unpaired) electrons. The van der Waals surface area contributed by atoms with Crippen LogP contribution in [0.5, 0.6) is 5.75 Å². The molecule has 0 unspecified atom stereocenters. The highest BCUT2D eigenvalue weighted by Gasteiger charge is 2.34. The van der Waals surface area contributed by atoms with Crippen molar-refractivity contribution in [3.05, 3.63) is 29.3 Å². The molecule has 0 bridgehead atoms. The Morgan fingerprint density at radius 3 is 2.47 bits per heavy atom. The molecular formula is C10H11F3O2. The van der Waals surface area contributed by atoms with Crippen LogP contribution >= 0.6 is 0 Å². The SMILES string of the molecule is COc1ccc(CCO)cc1C(F)(F)F. The molecule has 0 saturated heterocycles. The van der Waals surface area contributed by atoms with Gasteiger partial charge in [-0.05, 0) is 24.1 Å². The number of hydrogen-bond donors (Lipinski definition) is 1. The molecule has 0 aliphatic carbocycles. The lowest BCUT2D eigenvalue weighted by Crippen LogP contribution is -2.08. The van der Waals surface area contributed by atoms with Crippen molar-refractivity contribution in [3.63, 3.8) is 0 Å². The summed E-state index contributed by atoms with van der Waals surface area (Å²) in [5.41, 5.74) is -0.374. The van der Waals surface area contributed by atoms with Crippen LogP contribution in [0.25, 0.3) is 0 Å². The highest BCUT2D eigenvalue weighted by molar-refractivity contribution is 5.39. The summed E-state index contributed by atoms with van der Waals surface area (Å²) in [6.45, 7) is -0.177. The molecule has 5 heteroatoms. The minimum Gasteiger partial charge on any atom is -0.496 e. The van der Waals surface area contributed by atoms with Crippen LogP contribution in [0.3, 0.4) is 0 Å². The van der Waals surface area contributed by atoms with E-state index in [1.165, 1.54) is 19.2 Å². The molecule has 0 amide bonds. The van der Waals surface area contributed by atoms with Gasteiger partial charge >= 0.3 is 6.18 Å². The number of benzene rings is 1. The predicted molar refractivity (Wildman–Crippen MR) is 48.8 cm³/mol. The number of alkyl halides is 3. The average Bonchev–Trinajstić information content (AvgIpc) is 2.17. The van der Waals surface area contributed by atoms with Crippen LogP contribution in [-0.2, 0) is 12.6 Å². The first-order chi connectivity index (χ1) is 6.99. The minimum absolute atomic E-state index is 0.177. The number of methoxy groups -OCH3 is 1. The van der Waals surface area contributed by atoms with E-state index in [0.29, 0.717) is 5.56 Å². The van der Waals surface area contributed by atoms with E-state index in [4.69, 9.17) is 5.11 Å². The second-order valence-corrected chi connectivity index (χ2v) is 3.01. The van der Waals surface area contributed by atoms with Gasteiger partial charge in [-0.3, -0.25) is 0 Å². The molecule has 15 heavy (non-hydrogen) atoms. The molecule has 0 spiro atoms. The van der Waals surface area contributed by atoms with E-state index in [1.54, 1.807) is 0 Å². The van der Waals surface area contributed by atoms with Crippen LogP contribution in [-0.4, -0.2) is 18.8 Å². The van der Waals surface area contributed by atoms with Crippen LogP contribution in [0.15, 0.2) is 18.2 Å². The summed E-state index contributed by atoms with van der Waals surface area (Å²) >= 11 is 0. The predicted octanol–water partition coefficient (Wildman–Crippen LogP) is 2.25. The molecule has 84 valence electrons. The second-order valence-electron chi connectivity index (χ2n) is 3.01. The number of hydrogen-bond acceptors (Lipinski definition) is 2. The smallest absolute Gasteiger partial charge is 0.419 e. The largest absolute Gasteiger partial charge is 0.496 e. The number of aliphatic hydroxyl groups excluding tert-OH is 1. The van der Waals surface area contributed by atoms with Gasteiger partial charge in [-0.15, -0.1) is 0 Å². The van der Waals surface area contributed by atoms with Crippen LogP contribution in [0.2, 0.25) is 0 Å². The third-order valence-corrected chi connectivity index (χ3v) is 1.97. The molecule has 0 aromatic heterocycles. The molecule has 1 aromatic rings. The summed E-state index contributed by atoms with van der Waals surface area (Å²) in [5, 5.41) is 8.63. The minimum atomic E-state index is -4.43. The average molecular weight is 220 g/mol. The highest BCUT2D eigenvalue weighted by atomic mass is 19.4. The lowest BCUT2D eigenvalue weighted by Gasteiger charge is -2.13. The Bertz CT molecular complexity index is 334. The van der Waals surface area contributed by atoms with Crippen molar-refractivity contribution in [1.82, 2.24) is 0 Å². The van der Waals surface area contributed by atoms with Crippen molar-refractivity contribution in [1.29, 1.82) is 0 Å². The van der Waals surface area contributed by atoms with Gasteiger partial charge in [0.05, 0.1) is 12.7 Å². The van der Waals surface area contributed by atoms with Crippen LogP contribution < -0.4 is 4.74 Å². The third kappa shape index (κ3) is 2.86. The van der Waals surface area contributed by atoms with E-state index in [-0.39, 0.29) is 18.8 Å². The molecule has 0 heterocycles. The monoisotopic (exact) mass is 220 g/mol. The molecule has 1 N–H and O–H groups in total. The molecule has 1 aromatic carbocycles. The fourth-order valence-corrected chi connectivity index (χ4v) is 1.26. The molecule has 2 nitrogen and oxygen atoms in total. The van der Waals surface area contributed by atoms with Gasteiger partial charge < -0.3 is 9.84 Å². The summed E-state index contributed by atoms with van der Waals surface area (Å²) in [6, 6.07) is 3.76. The highest BCUT2D eigenvalue weighted by Crippen LogP contribution is 2.36. The summed E-state index contributed by atoms with van der Waals surface area (Å²) in [5.74, 6) is -0.204. The fourth-order valence-electron chi connectivity index (χ4n) is 1.26. The molecular weight excluding hydrogens is 209 g/mol. The lowest BCUT2D eigenvalue weighted by atomic mass is 10.1. The van der Waals surface area contributed by atoms with Gasteiger partial charge in [0.2, 0.25) is 0 Å². The van der Waals surface area contributed by atoms with Crippen molar-refractivity contribution < 1.29 is 23.0 Å². The van der Waals surface area contributed by atoms with Crippen LogP contribution in [0.1, 0.15) is 11.1 Å². The maximum absolute atomic E-state index is 12.5. The quantitative estimate of drug-likeness (QED) is 0.846. The molecule has 0 atom stereocenters. The Morgan fingerprint density at radius 1 is 1.33 bits per heavy atom. The lowest BCUT2D eigenvalue weighted by molar-refractivity contribution is -0.138. The zero-order valence-corrected chi connectivity index (χ0v) is 8.14. The number of halogens is 3. The molecule has 1 rings (SSSR count). The van der Waals surface area contributed by atoms with Crippen LogP contribution in [0, 0.1) is 0 Å². The Morgan fingerprint density at radius 2 is 2.00 bits per heavy atom. The van der Waals surface area contributed by atoms with Gasteiger partial charge in [-0.1, -0.05) is 6.07 Å². The Hall–Kier alpha value is -1.23. The van der Waals surface area contributed by atoms with Crippen molar-refractivity contribution in [3.8, 4) is 5.75 Å². The van der Waals surface area contributed by atoms with Gasteiger partial charge in [-0.25, -0.2) is 0 Å². The first-order valence-electron chi connectivity index (χ1n) is 4.34. The Kier molecular flexibility index (Phi) is 3.57. The number of aliphatic hydroxyl groups is 1. The van der Waals surface area contributed by atoms with E-state index < -0.39 is 11.7 Å². The first-order valence-corrected chi connectivity index (χ1v) is 4.34. The zero-order valence-electron chi connectivity index (χ0n) is 8.14. The topological polar surface area (TPSA) is 29.5 Å². The summed E-state index contributed by atoms with van der Waals surface area (Å²) in [6.07, 6.45) is -4.23. The van der Waals surface area contributed by atoms with Gasteiger partial charge in [0.15, 0.2) is 0 Å². The van der Waals surface area contributed by atoms with E-state index in [1.807, 2.05) is 0 Å². The standard InChI is InChI=1S/C10H11F3O2/c1-15-9-3-2-7(4-5-14)6-8(9)10(11,12)13/h2-3,6,14H,4-5H2,1H3. The van der Waals surface area contributed by atoms with Crippen LogP contribution in [0.4, 0.5) is 13.2 Å². The number of rotatable bonds is 3. The first kappa shape index (κ1) is 11.8. The van der Waals surface area contributed by atoms with Gasteiger partial charge in [-0.2, -0.15) is 13.2 Å². The van der Waals surface area contributed by atoms with Gasteiger partial charge in [0.1, 0.15) is 5.75 Å². The zero-order chi connectivity index (χ0) is 11.5. The normalized spacial score (nSPS) is 11.5. The Labute approximate surface area is 85.3 Å². The van der Waals surface area contributed by atoms with Crippen molar-refractivity contribution in [2.24, 2.45) is 0 Å². The van der Waals surface area contributed by atoms with E-state index in [0.717, 1.165) is 6.07 Å². The molecule has 0 saturated carbocycles. The van der Waals surface area contributed by atoms with Crippen molar-refractivity contribution in [2.75, 3.05) is 13.7 Å². The maximum Gasteiger partial charge on any atom is 0.419 e. The second kappa shape index (κ2) is 4.53. The van der Waals surface area contributed by atoms with Gasteiger partial charge in [0.25, 0.3) is 0 Å². The molecule has 0 fully saturated rings. The summed E-state index contributed by atoms with van der Waals surface area (Å²) < 4.78 is 42.2. The van der Waals surface area contributed by atoms with E-state index in [9.17, 15) is 13.2 Å². The van der Waals surface area contributed by atoms with Crippen molar-refractivity contribution in [2.45, 2.75) is 12.6 Å². The Balaban J connectivity index is 3.13. The number of ether oxygens (including phenoxy) is 1. The van der Waals surface area contributed by atoms with E-state index >= 15 is 0 Å². The third-order valence-electron chi connectivity index (χ3n) is 1.97. The molecule has 0 aliphatic heterocycles. The van der Waals surface area contributed by atoms with Gasteiger partial charge in [0, 0.05) is 6.61 Å². The summed E-state index contributed by atoms with van der Waals surface area (Å²) in [4.78, 5) is 0. The fraction of sp³-hybridized carbons (Fsp3) is 0.400. The molecule has 0 aliphatic rings. The maximum atomic E-state index is 12.5. The summed E-state index contributed by atoms with van der Waals surface area (Å²) in [7, 11) is 1.19.